The molecule has 6 heteroatoms. The molecule has 0 aromatic carbocycles. The second kappa shape index (κ2) is 5.97. The molecule has 0 bridgehead atoms. The van der Waals surface area contributed by atoms with Gasteiger partial charge in [-0.2, -0.15) is 5.10 Å². The van der Waals surface area contributed by atoms with Gasteiger partial charge in [-0.3, -0.25) is 9.48 Å². The molecule has 100 valence electrons. The van der Waals surface area contributed by atoms with Gasteiger partial charge in [-0.15, -0.1) is 0 Å². The number of nitrogens with one attached hydrogen (secondary N) is 2. The molecule has 18 heavy (non-hydrogen) atoms. The fourth-order valence-electron chi connectivity index (χ4n) is 1.94. The van der Waals surface area contributed by atoms with E-state index in [0.717, 1.165) is 24.3 Å². The topological polar surface area (TPSA) is 68.2 Å². The molecule has 1 amide bonds. The summed E-state index contributed by atoms with van der Waals surface area (Å²) in [7, 11) is 1.89. The van der Waals surface area contributed by atoms with Gasteiger partial charge in [-0.25, -0.2) is 0 Å². The second-order valence-corrected chi connectivity index (χ2v) is 4.56. The number of ether oxygens (including phenoxy) is 1. The van der Waals surface area contributed by atoms with Crippen LogP contribution in [0.1, 0.15) is 17.7 Å². The first-order valence-electron chi connectivity index (χ1n) is 6.23. The Bertz CT molecular complexity index is 410. The third-order valence-electron chi connectivity index (χ3n) is 3.23. The standard InChI is InChI=1S/C12H20N4O2/c1-9-10(7-15-16(9)2)6-14-12(17)5-11-8-13-3-4-18-11/h7,11,13H,3-6,8H2,1-2H3,(H,14,17). The monoisotopic (exact) mass is 252 g/mol. The molecule has 2 rings (SSSR count). The Kier molecular flexibility index (Phi) is 4.33. The van der Waals surface area contributed by atoms with Gasteiger partial charge < -0.3 is 15.4 Å². The summed E-state index contributed by atoms with van der Waals surface area (Å²) in [6, 6.07) is 0. The molecule has 1 unspecified atom stereocenters. The van der Waals surface area contributed by atoms with Crippen molar-refractivity contribution in [2.75, 3.05) is 19.7 Å². The van der Waals surface area contributed by atoms with Crippen molar-refractivity contribution in [1.29, 1.82) is 0 Å². The molecule has 1 saturated heterocycles. The molecule has 1 aliphatic heterocycles. The van der Waals surface area contributed by atoms with Gasteiger partial charge in [-0.05, 0) is 6.92 Å². The third-order valence-corrected chi connectivity index (χ3v) is 3.23. The lowest BCUT2D eigenvalue weighted by Crippen LogP contribution is -2.41. The largest absolute Gasteiger partial charge is 0.375 e. The van der Waals surface area contributed by atoms with Crippen LogP contribution in [0.4, 0.5) is 0 Å². The van der Waals surface area contributed by atoms with Gasteiger partial charge in [-0.1, -0.05) is 0 Å². The van der Waals surface area contributed by atoms with Crippen LogP contribution in [0.2, 0.25) is 0 Å². The SMILES string of the molecule is Cc1c(CNC(=O)CC2CNCCO2)cnn1C. The van der Waals surface area contributed by atoms with Crippen molar-refractivity contribution >= 4 is 5.91 Å². The molecule has 6 nitrogen and oxygen atoms in total. The van der Waals surface area contributed by atoms with E-state index in [9.17, 15) is 4.79 Å². The summed E-state index contributed by atoms with van der Waals surface area (Å²) in [5.41, 5.74) is 2.12. The summed E-state index contributed by atoms with van der Waals surface area (Å²) in [5, 5.41) is 10.2. The van der Waals surface area contributed by atoms with E-state index in [1.165, 1.54) is 0 Å². The molecule has 0 aliphatic carbocycles. The Hall–Kier alpha value is -1.40. The molecule has 2 N–H and O–H groups in total. The summed E-state index contributed by atoms with van der Waals surface area (Å²) in [6.45, 7) is 4.81. The summed E-state index contributed by atoms with van der Waals surface area (Å²) in [6.07, 6.45) is 2.19. The molecule has 2 heterocycles. The highest BCUT2D eigenvalue weighted by atomic mass is 16.5. The number of rotatable bonds is 4. The normalized spacial score (nSPS) is 19.8. The first-order valence-corrected chi connectivity index (χ1v) is 6.23. The minimum Gasteiger partial charge on any atom is -0.375 e. The molecule has 0 radical (unpaired) electrons. The van der Waals surface area contributed by atoms with Crippen molar-refractivity contribution in [2.24, 2.45) is 7.05 Å². The Balaban J connectivity index is 1.76. The fraction of sp³-hybridized carbons (Fsp3) is 0.667. The molecule has 0 saturated carbocycles. The average molecular weight is 252 g/mol. The van der Waals surface area contributed by atoms with Crippen LogP contribution in [0, 0.1) is 6.92 Å². The van der Waals surface area contributed by atoms with E-state index in [1.807, 2.05) is 14.0 Å². The number of morpholine rings is 1. The van der Waals surface area contributed by atoms with E-state index in [2.05, 4.69) is 15.7 Å². The van der Waals surface area contributed by atoms with Crippen LogP contribution in [0.5, 0.6) is 0 Å². The molecular weight excluding hydrogens is 232 g/mol. The molecule has 1 fully saturated rings. The molecule has 1 atom stereocenters. The maximum Gasteiger partial charge on any atom is 0.222 e. The quantitative estimate of drug-likeness (QED) is 0.773. The molecule has 1 aliphatic rings. The number of hydrogen-bond donors (Lipinski definition) is 2. The Labute approximate surface area is 107 Å². The van der Waals surface area contributed by atoms with Crippen LogP contribution in [-0.4, -0.2) is 41.5 Å². The van der Waals surface area contributed by atoms with Crippen molar-refractivity contribution in [3.8, 4) is 0 Å². The Morgan fingerprint density at radius 3 is 3.17 bits per heavy atom. The van der Waals surface area contributed by atoms with Crippen LogP contribution < -0.4 is 10.6 Å². The highest BCUT2D eigenvalue weighted by Crippen LogP contribution is 2.06. The third kappa shape index (κ3) is 3.30. The lowest BCUT2D eigenvalue weighted by Gasteiger charge is -2.23. The zero-order valence-corrected chi connectivity index (χ0v) is 10.9. The molecule has 0 spiro atoms. The number of amides is 1. The first-order chi connectivity index (χ1) is 8.66. The first kappa shape index (κ1) is 13.0. The smallest absolute Gasteiger partial charge is 0.222 e. The number of carbonyl (C=O) groups excluding carboxylic acids is 1. The van der Waals surface area contributed by atoms with E-state index in [-0.39, 0.29) is 12.0 Å². The van der Waals surface area contributed by atoms with Crippen molar-refractivity contribution in [2.45, 2.75) is 26.0 Å². The Morgan fingerprint density at radius 2 is 2.56 bits per heavy atom. The lowest BCUT2D eigenvalue weighted by molar-refractivity contribution is -0.124. The van der Waals surface area contributed by atoms with E-state index in [1.54, 1.807) is 10.9 Å². The van der Waals surface area contributed by atoms with Gasteiger partial charge in [0.2, 0.25) is 5.91 Å². The van der Waals surface area contributed by atoms with Gasteiger partial charge in [0.1, 0.15) is 0 Å². The van der Waals surface area contributed by atoms with E-state index in [0.29, 0.717) is 19.6 Å². The van der Waals surface area contributed by atoms with Crippen LogP contribution >= 0.6 is 0 Å². The second-order valence-electron chi connectivity index (χ2n) is 4.56. The number of nitrogens with zero attached hydrogens (tertiary/aromatic N) is 2. The van der Waals surface area contributed by atoms with Gasteiger partial charge in [0.05, 0.1) is 25.3 Å². The highest BCUT2D eigenvalue weighted by molar-refractivity contribution is 5.76. The van der Waals surface area contributed by atoms with Gasteiger partial charge >= 0.3 is 0 Å². The minimum atomic E-state index is -0.00579. The van der Waals surface area contributed by atoms with Crippen molar-refractivity contribution < 1.29 is 9.53 Å². The predicted molar refractivity (Wildman–Crippen MR) is 67.0 cm³/mol. The van der Waals surface area contributed by atoms with E-state index >= 15 is 0 Å². The predicted octanol–water partition coefficient (Wildman–Crippen LogP) is -0.277. The summed E-state index contributed by atoms with van der Waals surface area (Å²) < 4.78 is 7.29. The molecule has 1 aromatic heterocycles. The number of carbonyl (C=O) groups is 1. The van der Waals surface area contributed by atoms with Crippen molar-refractivity contribution in [3.05, 3.63) is 17.5 Å². The van der Waals surface area contributed by atoms with Gasteiger partial charge in [0.15, 0.2) is 0 Å². The number of hydrogen-bond acceptors (Lipinski definition) is 4. The van der Waals surface area contributed by atoms with Crippen molar-refractivity contribution in [1.82, 2.24) is 20.4 Å². The van der Waals surface area contributed by atoms with Crippen LogP contribution in [0.15, 0.2) is 6.20 Å². The zero-order valence-electron chi connectivity index (χ0n) is 10.9. The summed E-state index contributed by atoms with van der Waals surface area (Å²) in [4.78, 5) is 11.8. The summed E-state index contributed by atoms with van der Waals surface area (Å²) >= 11 is 0. The van der Waals surface area contributed by atoms with E-state index in [4.69, 9.17) is 4.74 Å². The van der Waals surface area contributed by atoms with Gasteiger partial charge in [0.25, 0.3) is 0 Å². The van der Waals surface area contributed by atoms with Gasteiger partial charge in [0, 0.05) is 37.9 Å². The van der Waals surface area contributed by atoms with Crippen molar-refractivity contribution in [3.63, 3.8) is 0 Å². The Morgan fingerprint density at radius 1 is 1.72 bits per heavy atom. The fourth-order valence-corrected chi connectivity index (χ4v) is 1.94. The molecule has 1 aromatic rings. The zero-order chi connectivity index (χ0) is 13.0. The van der Waals surface area contributed by atoms with Crippen LogP contribution in [0.25, 0.3) is 0 Å². The summed E-state index contributed by atoms with van der Waals surface area (Å²) in [5.74, 6) is 0.0203. The maximum absolute atomic E-state index is 11.8. The molecular formula is C12H20N4O2. The average Bonchev–Trinajstić information content (AvgIpc) is 2.69. The number of aryl methyl sites for hydroxylation is 1. The van der Waals surface area contributed by atoms with Crippen LogP contribution in [0.3, 0.4) is 0 Å². The number of aromatic nitrogens is 2. The van der Waals surface area contributed by atoms with E-state index < -0.39 is 0 Å². The lowest BCUT2D eigenvalue weighted by atomic mass is 10.2. The minimum absolute atomic E-state index is 0.00579. The highest BCUT2D eigenvalue weighted by Gasteiger charge is 2.17. The maximum atomic E-state index is 11.8. The van der Waals surface area contributed by atoms with Crippen LogP contribution in [-0.2, 0) is 23.1 Å².